The van der Waals surface area contributed by atoms with Crippen LogP contribution in [0.25, 0.3) is 0 Å². The standard InChI is InChI=1S/C14H18FN3O2/c1-9(19)17-12-8-10(4-5-11(12)15)18-13(20)14(16)6-2-3-7-14/h4-5,8H,2-3,6-7,16H2,1H3,(H,17,19)(H,18,20). The number of amides is 2. The van der Waals surface area contributed by atoms with Gasteiger partial charge >= 0.3 is 0 Å². The highest BCUT2D eigenvalue weighted by Crippen LogP contribution is 2.29. The Morgan fingerprint density at radius 2 is 1.90 bits per heavy atom. The Kier molecular flexibility index (Phi) is 4.04. The molecular weight excluding hydrogens is 261 g/mol. The summed E-state index contributed by atoms with van der Waals surface area (Å²) in [6.07, 6.45) is 3.17. The van der Waals surface area contributed by atoms with Crippen LogP contribution in [-0.2, 0) is 9.59 Å². The molecule has 20 heavy (non-hydrogen) atoms. The lowest BCUT2D eigenvalue weighted by molar-refractivity contribution is -0.121. The molecule has 0 spiro atoms. The van der Waals surface area contributed by atoms with E-state index >= 15 is 0 Å². The predicted octanol–water partition coefficient (Wildman–Crippen LogP) is 1.99. The van der Waals surface area contributed by atoms with Gasteiger partial charge in [0.2, 0.25) is 11.8 Å². The maximum atomic E-state index is 13.5. The summed E-state index contributed by atoms with van der Waals surface area (Å²) in [6, 6.07) is 4.02. The van der Waals surface area contributed by atoms with Gasteiger partial charge in [-0.3, -0.25) is 9.59 Å². The number of benzene rings is 1. The van der Waals surface area contributed by atoms with E-state index in [1.807, 2.05) is 0 Å². The lowest BCUT2D eigenvalue weighted by atomic mass is 9.98. The summed E-state index contributed by atoms with van der Waals surface area (Å²) in [7, 11) is 0. The quantitative estimate of drug-likeness (QED) is 0.791. The van der Waals surface area contributed by atoms with Crippen molar-refractivity contribution in [2.45, 2.75) is 38.1 Å². The molecule has 0 heterocycles. The van der Waals surface area contributed by atoms with E-state index in [0.29, 0.717) is 18.5 Å². The summed E-state index contributed by atoms with van der Waals surface area (Å²) in [6.45, 7) is 1.29. The Morgan fingerprint density at radius 1 is 1.25 bits per heavy atom. The summed E-state index contributed by atoms with van der Waals surface area (Å²) in [5.41, 5.74) is 5.65. The van der Waals surface area contributed by atoms with Gasteiger partial charge in [0.05, 0.1) is 11.2 Å². The molecular formula is C14H18FN3O2. The van der Waals surface area contributed by atoms with Crippen LogP contribution in [0.2, 0.25) is 0 Å². The molecule has 1 aliphatic rings. The average molecular weight is 279 g/mol. The minimum absolute atomic E-state index is 0.0350. The van der Waals surface area contributed by atoms with E-state index in [-0.39, 0.29) is 17.5 Å². The highest BCUT2D eigenvalue weighted by molar-refractivity contribution is 5.99. The molecule has 108 valence electrons. The Labute approximate surface area is 116 Å². The van der Waals surface area contributed by atoms with Gasteiger partial charge in [0.1, 0.15) is 5.82 Å². The van der Waals surface area contributed by atoms with Gasteiger partial charge in [-0.05, 0) is 31.0 Å². The van der Waals surface area contributed by atoms with Crippen LogP contribution >= 0.6 is 0 Å². The Balaban J connectivity index is 2.13. The lowest BCUT2D eigenvalue weighted by Gasteiger charge is -2.22. The maximum Gasteiger partial charge on any atom is 0.244 e. The van der Waals surface area contributed by atoms with Crippen molar-refractivity contribution in [2.75, 3.05) is 10.6 Å². The van der Waals surface area contributed by atoms with E-state index in [1.54, 1.807) is 0 Å². The molecule has 4 N–H and O–H groups in total. The number of carbonyl (C=O) groups excluding carboxylic acids is 2. The normalized spacial score (nSPS) is 16.8. The molecule has 0 aliphatic heterocycles. The third kappa shape index (κ3) is 3.14. The zero-order valence-corrected chi connectivity index (χ0v) is 11.3. The molecule has 6 heteroatoms. The van der Waals surface area contributed by atoms with Crippen LogP contribution in [0.3, 0.4) is 0 Å². The fourth-order valence-corrected chi connectivity index (χ4v) is 2.38. The van der Waals surface area contributed by atoms with Crippen molar-refractivity contribution in [1.82, 2.24) is 0 Å². The van der Waals surface area contributed by atoms with Gasteiger partial charge < -0.3 is 16.4 Å². The fraction of sp³-hybridized carbons (Fsp3) is 0.429. The summed E-state index contributed by atoms with van der Waals surface area (Å²) in [5.74, 6) is -1.20. The van der Waals surface area contributed by atoms with Crippen LogP contribution in [0.5, 0.6) is 0 Å². The largest absolute Gasteiger partial charge is 0.324 e. The third-order valence-electron chi connectivity index (χ3n) is 3.48. The minimum atomic E-state index is -0.845. The van der Waals surface area contributed by atoms with Crippen molar-refractivity contribution in [1.29, 1.82) is 0 Å². The molecule has 2 rings (SSSR count). The van der Waals surface area contributed by atoms with Crippen molar-refractivity contribution in [3.8, 4) is 0 Å². The molecule has 0 unspecified atom stereocenters. The average Bonchev–Trinajstić information content (AvgIpc) is 2.81. The fourth-order valence-electron chi connectivity index (χ4n) is 2.38. The van der Waals surface area contributed by atoms with Crippen molar-refractivity contribution >= 4 is 23.2 Å². The number of nitrogens with two attached hydrogens (primary N) is 1. The lowest BCUT2D eigenvalue weighted by Crippen LogP contribution is -2.48. The molecule has 1 fully saturated rings. The Morgan fingerprint density at radius 3 is 2.50 bits per heavy atom. The van der Waals surface area contributed by atoms with E-state index in [9.17, 15) is 14.0 Å². The van der Waals surface area contributed by atoms with Crippen LogP contribution < -0.4 is 16.4 Å². The summed E-state index contributed by atoms with van der Waals surface area (Å²) < 4.78 is 13.5. The molecule has 5 nitrogen and oxygen atoms in total. The molecule has 0 bridgehead atoms. The van der Waals surface area contributed by atoms with Gasteiger partial charge in [-0.1, -0.05) is 12.8 Å². The molecule has 0 atom stereocenters. The van der Waals surface area contributed by atoms with Crippen molar-refractivity contribution in [3.05, 3.63) is 24.0 Å². The van der Waals surface area contributed by atoms with Crippen LogP contribution in [0, 0.1) is 5.82 Å². The molecule has 0 aromatic heterocycles. The molecule has 2 amide bonds. The van der Waals surface area contributed by atoms with Crippen molar-refractivity contribution < 1.29 is 14.0 Å². The highest BCUT2D eigenvalue weighted by atomic mass is 19.1. The first-order valence-electron chi connectivity index (χ1n) is 6.58. The van der Waals surface area contributed by atoms with Gasteiger partial charge in [0.25, 0.3) is 0 Å². The van der Waals surface area contributed by atoms with E-state index in [4.69, 9.17) is 5.73 Å². The molecule has 0 saturated heterocycles. The second kappa shape index (κ2) is 5.58. The first-order valence-corrected chi connectivity index (χ1v) is 6.58. The maximum absolute atomic E-state index is 13.5. The van der Waals surface area contributed by atoms with Gasteiger partial charge in [-0.15, -0.1) is 0 Å². The Hall–Kier alpha value is -1.95. The van der Waals surface area contributed by atoms with Crippen molar-refractivity contribution in [2.24, 2.45) is 5.73 Å². The van der Waals surface area contributed by atoms with E-state index in [0.717, 1.165) is 12.8 Å². The van der Waals surface area contributed by atoms with Crippen LogP contribution in [0.15, 0.2) is 18.2 Å². The third-order valence-corrected chi connectivity index (χ3v) is 3.48. The summed E-state index contributed by atoms with van der Waals surface area (Å²) in [5, 5.41) is 5.05. The second-order valence-electron chi connectivity index (χ2n) is 5.19. The van der Waals surface area contributed by atoms with Crippen LogP contribution in [0.1, 0.15) is 32.6 Å². The summed E-state index contributed by atoms with van der Waals surface area (Å²) in [4.78, 5) is 23.1. The second-order valence-corrected chi connectivity index (χ2v) is 5.19. The summed E-state index contributed by atoms with van der Waals surface area (Å²) >= 11 is 0. The highest BCUT2D eigenvalue weighted by Gasteiger charge is 2.36. The molecule has 1 saturated carbocycles. The number of hydrogen-bond acceptors (Lipinski definition) is 3. The number of hydrogen-bond donors (Lipinski definition) is 3. The Bertz CT molecular complexity index is 539. The molecule has 1 aliphatic carbocycles. The van der Waals surface area contributed by atoms with E-state index in [2.05, 4.69) is 10.6 Å². The van der Waals surface area contributed by atoms with Crippen LogP contribution in [0.4, 0.5) is 15.8 Å². The molecule has 1 aromatic carbocycles. The minimum Gasteiger partial charge on any atom is -0.324 e. The first-order chi connectivity index (χ1) is 9.40. The zero-order valence-electron chi connectivity index (χ0n) is 11.3. The molecule has 1 aromatic rings. The predicted molar refractivity (Wildman–Crippen MR) is 74.7 cm³/mol. The van der Waals surface area contributed by atoms with Gasteiger partial charge in [0.15, 0.2) is 0 Å². The van der Waals surface area contributed by atoms with Gasteiger partial charge in [0, 0.05) is 12.6 Å². The number of nitrogens with one attached hydrogen (secondary N) is 2. The monoisotopic (exact) mass is 279 g/mol. The van der Waals surface area contributed by atoms with E-state index in [1.165, 1.54) is 25.1 Å². The smallest absolute Gasteiger partial charge is 0.244 e. The van der Waals surface area contributed by atoms with Gasteiger partial charge in [-0.2, -0.15) is 0 Å². The SMILES string of the molecule is CC(=O)Nc1cc(NC(=O)C2(N)CCCC2)ccc1F. The zero-order chi connectivity index (χ0) is 14.8. The van der Waals surface area contributed by atoms with E-state index < -0.39 is 11.4 Å². The molecule has 0 radical (unpaired) electrons. The van der Waals surface area contributed by atoms with Crippen LogP contribution in [-0.4, -0.2) is 17.4 Å². The number of anilines is 2. The van der Waals surface area contributed by atoms with Gasteiger partial charge in [-0.25, -0.2) is 4.39 Å². The topological polar surface area (TPSA) is 84.2 Å². The number of rotatable bonds is 3. The van der Waals surface area contributed by atoms with Crippen molar-refractivity contribution in [3.63, 3.8) is 0 Å². The number of halogens is 1. The number of carbonyl (C=O) groups is 2. The first kappa shape index (κ1) is 14.5.